The maximum absolute atomic E-state index is 5.18. The molecule has 2 bridgehead atoms. The van der Waals surface area contributed by atoms with E-state index >= 15 is 0 Å². The lowest BCUT2D eigenvalue weighted by Gasteiger charge is -2.20. The fraction of sp³-hybridized carbons (Fsp3) is 0.625. The summed E-state index contributed by atoms with van der Waals surface area (Å²) < 4.78 is 0. The molecular weight excluding hydrogens is 170 g/mol. The summed E-state index contributed by atoms with van der Waals surface area (Å²) in [7, 11) is 0. The van der Waals surface area contributed by atoms with Crippen LogP contribution in [0.1, 0.15) is 12.8 Å². The molecule has 0 saturated heterocycles. The standard InChI is InChI=1S/C8H13N3S/c9-11-8(12)10-7-4-5-1-2-6(7)3-5/h1-2,5-7H,3-4,9H2,(H2,10,11,12)/t5-,6-,7-/m1/s1. The highest BCUT2D eigenvalue weighted by Gasteiger charge is 2.35. The van der Waals surface area contributed by atoms with Crippen LogP contribution in [0.4, 0.5) is 0 Å². The predicted molar refractivity (Wildman–Crippen MR) is 52.2 cm³/mol. The summed E-state index contributed by atoms with van der Waals surface area (Å²) in [5.74, 6) is 6.62. The molecule has 0 heterocycles. The van der Waals surface area contributed by atoms with Crippen LogP contribution >= 0.6 is 12.2 Å². The number of nitrogens with two attached hydrogens (primary N) is 1. The lowest BCUT2D eigenvalue weighted by molar-refractivity contribution is 0.520. The van der Waals surface area contributed by atoms with Crippen LogP contribution in [0.2, 0.25) is 0 Å². The van der Waals surface area contributed by atoms with Gasteiger partial charge in [0.05, 0.1) is 0 Å². The molecule has 2 rings (SSSR count). The molecule has 0 aromatic rings. The third kappa shape index (κ3) is 1.32. The molecule has 0 unspecified atom stereocenters. The van der Waals surface area contributed by atoms with Gasteiger partial charge in [-0.15, -0.1) is 0 Å². The van der Waals surface area contributed by atoms with Crippen LogP contribution in [0, 0.1) is 11.8 Å². The van der Waals surface area contributed by atoms with Crippen LogP contribution in [-0.4, -0.2) is 11.2 Å². The molecule has 4 N–H and O–H groups in total. The van der Waals surface area contributed by atoms with Crippen molar-refractivity contribution in [3.8, 4) is 0 Å². The van der Waals surface area contributed by atoms with Gasteiger partial charge in [-0.2, -0.15) is 0 Å². The fourth-order valence-electron chi connectivity index (χ4n) is 2.16. The van der Waals surface area contributed by atoms with Crippen molar-refractivity contribution in [3.05, 3.63) is 12.2 Å². The number of thiocarbonyl (C=S) groups is 1. The molecule has 0 aromatic heterocycles. The van der Waals surface area contributed by atoms with Crippen LogP contribution in [0.25, 0.3) is 0 Å². The zero-order valence-electron chi connectivity index (χ0n) is 6.79. The van der Waals surface area contributed by atoms with Crippen molar-refractivity contribution in [1.29, 1.82) is 0 Å². The van der Waals surface area contributed by atoms with Gasteiger partial charge in [0.2, 0.25) is 0 Å². The van der Waals surface area contributed by atoms with Crippen molar-refractivity contribution >= 4 is 17.3 Å². The van der Waals surface area contributed by atoms with Gasteiger partial charge in [-0.3, -0.25) is 0 Å². The highest BCUT2D eigenvalue weighted by Crippen LogP contribution is 2.38. The summed E-state index contributed by atoms with van der Waals surface area (Å²) in [5.41, 5.74) is 2.45. The highest BCUT2D eigenvalue weighted by atomic mass is 32.1. The largest absolute Gasteiger partial charge is 0.358 e. The van der Waals surface area contributed by atoms with Gasteiger partial charge in [-0.1, -0.05) is 12.2 Å². The monoisotopic (exact) mass is 183 g/mol. The van der Waals surface area contributed by atoms with Crippen molar-refractivity contribution in [2.24, 2.45) is 17.7 Å². The molecule has 1 saturated carbocycles. The minimum Gasteiger partial charge on any atom is -0.358 e. The van der Waals surface area contributed by atoms with Gasteiger partial charge in [-0.05, 0) is 36.9 Å². The van der Waals surface area contributed by atoms with E-state index in [1.54, 1.807) is 0 Å². The molecule has 0 spiro atoms. The van der Waals surface area contributed by atoms with Gasteiger partial charge in [0.15, 0.2) is 5.11 Å². The molecule has 0 radical (unpaired) electrons. The topological polar surface area (TPSA) is 50.1 Å². The predicted octanol–water partition coefficient (Wildman–Crippen LogP) is 0.289. The van der Waals surface area contributed by atoms with Crippen molar-refractivity contribution in [2.75, 3.05) is 0 Å². The number of nitrogens with one attached hydrogen (secondary N) is 2. The van der Waals surface area contributed by atoms with Gasteiger partial charge < -0.3 is 10.7 Å². The van der Waals surface area contributed by atoms with Crippen LogP contribution in [-0.2, 0) is 0 Å². The summed E-state index contributed by atoms with van der Waals surface area (Å²) in [6, 6.07) is 0.503. The molecule has 12 heavy (non-hydrogen) atoms. The van der Waals surface area contributed by atoms with E-state index in [-0.39, 0.29) is 0 Å². The molecular formula is C8H13N3S. The van der Waals surface area contributed by atoms with Crippen LogP contribution in [0.3, 0.4) is 0 Å². The van der Waals surface area contributed by atoms with E-state index in [0.717, 1.165) is 5.92 Å². The Morgan fingerprint density at radius 1 is 1.42 bits per heavy atom. The fourth-order valence-corrected chi connectivity index (χ4v) is 2.31. The summed E-state index contributed by atoms with van der Waals surface area (Å²) in [4.78, 5) is 0. The van der Waals surface area contributed by atoms with Crippen molar-refractivity contribution in [1.82, 2.24) is 10.7 Å². The third-order valence-electron chi connectivity index (χ3n) is 2.73. The first-order valence-corrected chi connectivity index (χ1v) is 4.66. The Morgan fingerprint density at radius 3 is 2.75 bits per heavy atom. The third-order valence-corrected chi connectivity index (χ3v) is 2.96. The summed E-state index contributed by atoms with van der Waals surface area (Å²) >= 11 is 4.94. The first kappa shape index (κ1) is 8.01. The number of rotatable bonds is 1. The smallest absolute Gasteiger partial charge is 0.180 e. The number of hydrogen-bond donors (Lipinski definition) is 3. The molecule has 66 valence electrons. The maximum atomic E-state index is 5.18. The molecule has 3 atom stereocenters. The quantitative estimate of drug-likeness (QED) is 0.237. The second-order valence-corrected chi connectivity index (χ2v) is 3.91. The average Bonchev–Trinajstić information content (AvgIpc) is 2.64. The zero-order valence-corrected chi connectivity index (χ0v) is 7.60. The average molecular weight is 183 g/mol. The molecule has 2 aliphatic carbocycles. The van der Waals surface area contributed by atoms with E-state index in [9.17, 15) is 0 Å². The van der Waals surface area contributed by atoms with Crippen LogP contribution in [0.5, 0.6) is 0 Å². The van der Waals surface area contributed by atoms with Crippen LogP contribution in [0.15, 0.2) is 12.2 Å². The maximum Gasteiger partial charge on any atom is 0.180 e. The minimum atomic E-state index is 0.503. The first-order chi connectivity index (χ1) is 5.79. The van der Waals surface area contributed by atoms with E-state index in [0.29, 0.717) is 17.1 Å². The molecule has 1 fully saturated rings. The van der Waals surface area contributed by atoms with Crippen molar-refractivity contribution in [3.63, 3.8) is 0 Å². The van der Waals surface area contributed by atoms with Gasteiger partial charge in [-0.25, -0.2) is 5.84 Å². The second-order valence-electron chi connectivity index (χ2n) is 3.50. The van der Waals surface area contributed by atoms with Gasteiger partial charge in [0.1, 0.15) is 0 Å². The Kier molecular flexibility index (Phi) is 2.02. The molecule has 2 aliphatic rings. The number of hydrazine groups is 1. The number of fused-ring (bicyclic) bond motifs is 2. The summed E-state index contributed by atoms with van der Waals surface area (Å²) in [6.07, 6.45) is 7.07. The normalized spacial score (nSPS) is 36.9. The molecule has 4 heteroatoms. The lowest BCUT2D eigenvalue weighted by Crippen LogP contribution is -2.46. The Balaban J connectivity index is 1.91. The molecule has 3 nitrogen and oxygen atoms in total. The van der Waals surface area contributed by atoms with E-state index < -0.39 is 0 Å². The molecule has 0 amide bonds. The summed E-state index contributed by atoms with van der Waals surface area (Å²) in [5, 5.41) is 3.76. The van der Waals surface area contributed by atoms with E-state index in [2.05, 4.69) is 22.9 Å². The van der Waals surface area contributed by atoms with E-state index in [1.165, 1.54) is 12.8 Å². The van der Waals surface area contributed by atoms with Crippen molar-refractivity contribution in [2.45, 2.75) is 18.9 Å². The highest BCUT2D eigenvalue weighted by molar-refractivity contribution is 7.80. The minimum absolute atomic E-state index is 0.503. The molecule has 0 aromatic carbocycles. The Labute approximate surface area is 77.4 Å². The zero-order chi connectivity index (χ0) is 8.55. The van der Waals surface area contributed by atoms with Gasteiger partial charge >= 0.3 is 0 Å². The lowest BCUT2D eigenvalue weighted by atomic mass is 10.0. The van der Waals surface area contributed by atoms with Crippen molar-refractivity contribution < 1.29 is 0 Å². The Hall–Kier alpha value is -0.610. The second kappa shape index (κ2) is 3.03. The Morgan fingerprint density at radius 2 is 2.25 bits per heavy atom. The summed E-state index contributed by atoms with van der Waals surface area (Å²) in [6.45, 7) is 0. The van der Waals surface area contributed by atoms with Gasteiger partial charge in [0.25, 0.3) is 0 Å². The van der Waals surface area contributed by atoms with Crippen LogP contribution < -0.4 is 16.6 Å². The first-order valence-electron chi connectivity index (χ1n) is 4.25. The molecule has 0 aliphatic heterocycles. The number of hydrogen-bond acceptors (Lipinski definition) is 2. The van der Waals surface area contributed by atoms with E-state index in [1.807, 2.05) is 0 Å². The number of allylic oxidation sites excluding steroid dienone is 1. The SMILES string of the molecule is NNC(=S)N[C@@H]1C[C@@H]2C=C[C@@H]1C2. The van der Waals surface area contributed by atoms with E-state index in [4.69, 9.17) is 18.1 Å². The van der Waals surface area contributed by atoms with Gasteiger partial charge in [0, 0.05) is 6.04 Å². The Bertz CT molecular complexity index is 226.